The van der Waals surface area contributed by atoms with Gasteiger partial charge in [-0.2, -0.15) is 0 Å². The van der Waals surface area contributed by atoms with Crippen molar-refractivity contribution in [2.45, 2.75) is 37.5 Å². The van der Waals surface area contributed by atoms with Crippen LogP contribution in [0.1, 0.15) is 35.7 Å². The van der Waals surface area contributed by atoms with Gasteiger partial charge in [-0.15, -0.1) is 0 Å². The van der Waals surface area contributed by atoms with Crippen molar-refractivity contribution < 1.29 is 19.4 Å². The number of nitrogens with one attached hydrogen (secondary N) is 1. The average Bonchev–Trinajstić information content (AvgIpc) is 3.59. The molecule has 5 nitrogen and oxygen atoms in total. The standard InChI is InChI=1S/C23H27NO4/c1-16(25)23(19-9-10-19,21-15-27-14-13-24-21)28-20-11-7-18(8-12-20)22(26)17-5-3-2-4-6-17/h2-8,11-12,16,19,21,24-25H,9-10,13-15H2,1H3. The van der Waals surface area contributed by atoms with Crippen molar-refractivity contribution in [1.29, 1.82) is 0 Å². The minimum absolute atomic E-state index is 0.0153. The molecular weight excluding hydrogens is 354 g/mol. The maximum Gasteiger partial charge on any atom is 0.193 e. The van der Waals surface area contributed by atoms with E-state index in [0.717, 1.165) is 19.4 Å². The second-order valence-corrected chi connectivity index (χ2v) is 7.71. The SMILES string of the molecule is CC(O)C(Oc1ccc(C(=O)c2ccccc2)cc1)(C1CC1)C1COCCN1. The molecule has 1 aliphatic heterocycles. The van der Waals surface area contributed by atoms with Gasteiger partial charge in [-0.25, -0.2) is 0 Å². The summed E-state index contributed by atoms with van der Waals surface area (Å²) in [7, 11) is 0. The Bertz CT molecular complexity index is 791. The van der Waals surface area contributed by atoms with E-state index in [1.807, 2.05) is 42.5 Å². The van der Waals surface area contributed by atoms with Gasteiger partial charge in [0.2, 0.25) is 0 Å². The number of hydrogen-bond donors (Lipinski definition) is 2. The fourth-order valence-corrected chi connectivity index (χ4v) is 4.18. The molecule has 3 unspecified atom stereocenters. The summed E-state index contributed by atoms with van der Waals surface area (Å²) in [5, 5.41) is 14.2. The summed E-state index contributed by atoms with van der Waals surface area (Å²) in [5.41, 5.74) is 0.550. The first-order valence-corrected chi connectivity index (χ1v) is 9.99. The molecule has 1 saturated carbocycles. The number of carbonyl (C=O) groups excluding carboxylic acids is 1. The van der Waals surface area contributed by atoms with Gasteiger partial charge < -0.3 is 19.9 Å². The molecule has 4 rings (SSSR count). The Kier molecular flexibility index (Phi) is 5.49. The molecule has 2 fully saturated rings. The van der Waals surface area contributed by atoms with Gasteiger partial charge in [0.1, 0.15) is 5.75 Å². The molecule has 0 bridgehead atoms. The predicted molar refractivity (Wildman–Crippen MR) is 107 cm³/mol. The topological polar surface area (TPSA) is 67.8 Å². The Balaban J connectivity index is 1.56. The van der Waals surface area contributed by atoms with Crippen LogP contribution in [0.25, 0.3) is 0 Å². The molecule has 2 aromatic rings. The number of morpholine rings is 1. The zero-order chi connectivity index (χ0) is 19.6. The van der Waals surface area contributed by atoms with E-state index in [1.54, 1.807) is 19.1 Å². The molecule has 0 radical (unpaired) electrons. The van der Waals surface area contributed by atoms with Crippen molar-refractivity contribution in [1.82, 2.24) is 5.32 Å². The summed E-state index contributed by atoms with van der Waals surface area (Å²) < 4.78 is 12.1. The van der Waals surface area contributed by atoms with Gasteiger partial charge in [0.15, 0.2) is 11.4 Å². The van der Waals surface area contributed by atoms with Crippen molar-refractivity contribution in [3.63, 3.8) is 0 Å². The zero-order valence-corrected chi connectivity index (χ0v) is 16.1. The molecule has 0 spiro atoms. The number of hydrogen-bond acceptors (Lipinski definition) is 5. The first-order valence-electron chi connectivity index (χ1n) is 9.99. The third kappa shape index (κ3) is 3.70. The Morgan fingerprint density at radius 3 is 2.39 bits per heavy atom. The van der Waals surface area contributed by atoms with Gasteiger partial charge in [0, 0.05) is 23.6 Å². The van der Waals surface area contributed by atoms with E-state index in [9.17, 15) is 9.90 Å². The van der Waals surface area contributed by atoms with E-state index in [1.165, 1.54) is 0 Å². The van der Waals surface area contributed by atoms with Crippen LogP contribution >= 0.6 is 0 Å². The maximum atomic E-state index is 12.6. The minimum Gasteiger partial charge on any atom is -0.483 e. The number of ketones is 1. The van der Waals surface area contributed by atoms with E-state index in [2.05, 4.69) is 5.32 Å². The number of aliphatic hydroxyl groups excluding tert-OH is 1. The molecule has 28 heavy (non-hydrogen) atoms. The summed E-state index contributed by atoms with van der Waals surface area (Å²) in [5.74, 6) is 0.931. The third-order valence-corrected chi connectivity index (χ3v) is 5.78. The van der Waals surface area contributed by atoms with Crippen LogP contribution in [0.4, 0.5) is 0 Å². The lowest BCUT2D eigenvalue weighted by atomic mass is 9.83. The quantitative estimate of drug-likeness (QED) is 0.722. The number of benzene rings is 2. The highest BCUT2D eigenvalue weighted by molar-refractivity contribution is 6.08. The second-order valence-electron chi connectivity index (χ2n) is 7.71. The molecule has 0 amide bonds. The first-order chi connectivity index (χ1) is 13.6. The normalized spacial score (nSPS) is 22.9. The molecule has 5 heteroatoms. The Morgan fingerprint density at radius 2 is 1.82 bits per heavy atom. The number of carbonyl (C=O) groups is 1. The van der Waals surface area contributed by atoms with E-state index in [-0.39, 0.29) is 17.7 Å². The Labute approximate surface area is 165 Å². The highest BCUT2D eigenvalue weighted by Gasteiger charge is 2.56. The van der Waals surface area contributed by atoms with Crippen LogP contribution in [0.15, 0.2) is 54.6 Å². The van der Waals surface area contributed by atoms with E-state index in [4.69, 9.17) is 9.47 Å². The van der Waals surface area contributed by atoms with Crippen molar-refractivity contribution in [3.05, 3.63) is 65.7 Å². The van der Waals surface area contributed by atoms with Crippen molar-refractivity contribution >= 4 is 5.78 Å². The largest absolute Gasteiger partial charge is 0.483 e. The lowest BCUT2D eigenvalue weighted by Gasteiger charge is -2.45. The van der Waals surface area contributed by atoms with E-state index in [0.29, 0.717) is 30.1 Å². The second kappa shape index (κ2) is 8.03. The summed E-state index contributed by atoms with van der Waals surface area (Å²) in [6.07, 6.45) is 1.42. The van der Waals surface area contributed by atoms with Gasteiger partial charge in [0.05, 0.1) is 25.4 Å². The van der Waals surface area contributed by atoms with Crippen molar-refractivity contribution in [2.24, 2.45) is 5.92 Å². The summed E-state index contributed by atoms with van der Waals surface area (Å²) >= 11 is 0. The lowest BCUT2D eigenvalue weighted by molar-refractivity contribution is -0.112. The molecule has 2 aliphatic rings. The van der Waals surface area contributed by atoms with Crippen LogP contribution in [0, 0.1) is 5.92 Å². The Morgan fingerprint density at radius 1 is 1.14 bits per heavy atom. The van der Waals surface area contributed by atoms with Crippen LogP contribution < -0.4 is 10.1 Å². The molecule has 1 aliphatic carbocycles. The predicted octanol–water partition coefficient (Wildman–Crippen LogP) is 2.81. The van der Waals surface area contributed by atoms with Crippen molar-refractivity contribution in [2.75, 3.05) is 19.8 Å². The van der Waals surface area contributed by atoms with Crippen LogP contribution in [0.5, 0.6) is 5.75 Å². The lowest BCUT2D eigenvalue weighted by Crippen LogP contribution is -2.66. The van der Waals surface area contributed by atoms with Gasteiger partial charge in [-0.3, -0.25) is 4.79 Å². The van der Waals surface area contributed by atoms with Crippen molar-refractivity contribution in [3.8, 4) is 5.75 Å². The fraction of sp³-hybridized carbons (Fsp3) is 0.435. The van der Waals surface area contributed by atoms with Gasteiger partial charge in [-0.1, -0.05) is 30.3 Å². The molecule has 0 aromatic heterocycles. The summed E-state index contributed by atoms with van der Waals surface area (Å²) in [6, 6.07) is 16.4. The zero-order valence-electron chi connectivity index (χ0n) is 16.1. The number of rotatable bonds is 7. The first kappa shape index (κ1) is 19.1. The third-order valence-electron chi connectivity index (χ3n) is 5.78. The van der Waals surface area contributed by atoms with Crippen LogP contribution in [0.2, 0.25) is 0 Å². The monoisotopic (exact) mass is 381 g/mol. The fourth-order valence-electron chi connectivity index (χ4n) is 4.18. The number of aliphatic hydroxyl groups is 1. The molecule has 1 heterocycles. The van der Waals surface area contributed by atoms with E-state index >= 15 is 0 Å². The van der Waals surface area contributed by atoms with Gasteiger partial charge in [-0.05, 0) is 44.0 Å². The molecular formula is C23H27NO4. The molecule has 1 saturated heterocycles. The molecule has 3 atom stereocenters. The summed E-state index contributed by atoms with van der Waals surface area (Å²) in [4.78, 5) is 12.6. The smallest absolute Gasteiger partial charge is 0.193 e. The highest BCUT2D eigenvalue weighted by Crippen LogP contribution is 2.46. The van der Waals surface area contributed by atoms with Crippen LogP contribution in [0.3, 0.4) is 0 Å². The minimum atomic E-state index is -0.731. The molecule has 2 N–H and O–H groups in total. The van der Waals surface area contributed by atoms with Gasteiger partial charge >= 0.3 is 0 Å². The van der Waals surface area contributed by atoms with E-state index < -0.39 is 11.7 Å². The average molecular weight is 381 g/mol. The number of ether oxygens (including phenoxy) is 2. The Hall–Kier alpha value is -2.21. The van der Waals surface area contributed by atoms with Crippen LogP contribution in [-0.4, -0.2) is 48.4 Å². The summed E-state index contributed by atoms with van der Waals surface area (Å²) in [6.45, 7) is 3.74. The van der Waals surface area contributed by atoms with Gasteiger partial charge in [0.25, 0.3) is 0 Å². The van der Waals surface area contributed by atoms with Crippen LogP contribution in [-0.2, 0) is 4.74 Å². The maximum absolute atomic E-state index is 12.6. The molecule has 2 aromatic carbocycles. The highest BCUT2D eigenvalue weighted by atomic mass is 16.5. The molecule has 148 valence electrons.